The van der Waals surface area contributed by atoms with Gasteiger partial charge in [0.2, 0.25) is 5.91 Å². The summed E-state index contributed by atoms with van der Waals surface area (Å²) in [5.74, 6) is 0.940. The molecular formula is C14H28N2O. The number of carbonyl (C=O) groups excluding carboxylic acids is 1. The van der Waals surface area contributed by atoms with Crippen molar-refractivity contribution in [2.75, 3.05) is 0 Å². The Hall–Kier alpha value is -0.570. The maximum absolute atomic E-state index is 11.6. The Morgan fingerprint density at radius 3 is 2.65 bits per heavy atom. The molecule has 1 fully saturated rings. The number of carbonyl (C=O) groups is 1. The topological polar surface area (TPSA) is 55.1 Å². The fraction of sp³-hybridized carbons (Fsp3) is 0.929. The van der Waals surface area contributed by atoms with Gasteiger partial charge in [-0.25, -0.2) is 0 Å². The zero-order valence-electron chi connectivity index (χ0n) is 11.7. The lowest BCUT2D eigenvalue weighted by atomic mass is 9.75. The summed E-state index contributed by atoms with van der Waals surface area (Å²) in [5, 5.41) is 3.57. The van der Waals surface area contributed by atoms with Crippen molar-refractivity contribution in [1.29, 1.82) is 0 Å². The van der Waals surface area contributed by atoms with Crippen LogP contribution < -0.4 is 11.1 Å². The Labute approximate surface area is 106 Å². The molecule has 3 nitrogen and oxygen atoms in total. The normalized spacial score (nSPS) is 35.5. The Balaban J connectivity index is 2.66. The van der Waals surface area contributed by atoms with Gasteiger partial charge in [-0.1, -0.05) is 33.6 Å². The maximum atomic E-state index is 11.6. The molecule has 0 aliphatic carbocycles. The molecule has 0 aromatic heterocycles. The molecule has 5 unspecified atom stereocenters. The quantitative estimate of drug-likeness (QED) is 0.774. The zero-order chi connectivity index (χ0) is 13.0. The first-order chi connectivity index (χ1) is 7.95. The second-order valence-corrected chi connectivity index (χ2v) is 5.94. The van der Waals surface area contributed by atoms with Crippen LogP contribution in [0.25, 0.3) is 0 Å². The summed E-state index contributed by atoms with van der Waals surface area (Å²) in [6.45, 7) is 8.84. The summed E-state index contributed by atoms with van der Waals surface area (Å²) < 4.78 is 0. The van der Waals surface area contributed by atoms with E-state index in [1.807, 2.05) is 0 Å². The summed E-state index contributed by atoms with van der Waals surface area (Å²) in [4.78, 5) is 11.6. The van der Waals surface area contributed by atoms with E-state index < -0.39 is 0 Å². The summed E-state index contributed by atoms with van der Waals surface area (Å²) in [7, 11) is 0. The molecule has 5 atom stereocenters. The lowest BCUT2D eigenvalue weighted by Crippen LogP contribution is -2.54. The van der Waals surface area contributed by atoms with Crippen LogP contribution in [0.15, 0.2) is 0 Å². The average molecular weight is 240 g/mol. The highest BCUT2D eigenvalue weighted by atomic mass is 16.1. The van der Waals surface area contributed by atoms with E-state index in [1.165, 1.54) is 12.8 Å². The number of amides is 1. The van der Waals surface area contributed by atoms with E-state index in [1.54, 1.807) is 0 Å². The number of rotatable bonds is 5. The van der Waals surface area contributed by atoms with Gasteiger partial charge in [0.1, 0.15) is 0 Å². The largest absolute Gasteiger partial charge is 0.369 e. The Morgan fingerprint density at radius 1 is 1.47 bits per heavy atom. The molecule has 0 aromatic carbocycles. The Morgan fingerprint density at radius 2 is 2.12 bits per heavy atom. The van der Waals surface area contributed by atoms with Crippen LogP contribution in [0, 0.1) is 17.8 Å². The van der Waals surface area contributed by atoms with Crippen molar-refractivity contribution in [3.05, 3.63) is 0 Å². The number of hydrogen-bond acceptors (Lipinski definition) is 2. The van der Waals surface area contributed by atoms with Crippen LogP contribution in [0.5, 0.6) is 0 Å². The van der Waals surface area contributed by atoms with Crippen LogP contribution in [0.3, 0.4) is 0 Å². The third-order valence-electron chi connectivity index (χ3n) is 4.04. The van der Waals surface area contributed by atoms with Gasteiger partial charge in [-0.2, -0.15) is 0 Å². The summed E-state index contributed by atoms with van der Waals surface area (Å²) in [6, 6.07) is 0.771. The van der Waals surface area contributed by atoms with Crippen molar-refractivity contribution >= 4 is 5.91 Å². The molecule has 100 valence electrons. The molecule has 1 saturated heterocycles. The van der Waals surface area contributed by atoms with Crippen molar-refractivity contribution in [2.24, 2.45) is 23.5 Å². The minimum absolute atomic E-state index is 0.00510. The van der Waals surface area contributed by atoms with Crippen LogP contribution in [-0.4, -0.2) is 18.0 Å². The fourth-order valence-corrected chi connectivity index (χ4v) is 3.38. The molecule has 1 heterocycles. The van der Waals surface area contributed by atoms with Gasteiger partial charge >= 0.3 is 0 Å². The van der Waals surface area contributed by atoms with Gasteiger partial charge in [0.15, 0.2) is 0 Å². The maximum Gasteiger partial charge on any atom is 0.222 e. The second-order valence-electron chi connectivity index (χ2n) is 5.94. The number of nitrogens with two attached hydrogens (primary N) is 1. The van der Waals surface area contributed by atoms with Crippen molar-refractivity contribution < 1.29 is 4.79 Å². The number of hydrogen-bond donors (Lipinski definition) is 2. The molecule has 0 saturated carbocycles. The number of nitrogens with one attached hydrogen (secondary N) is 1. The van der Waals surface area contributed by atoms with Gasteiger partial charge in [0.05, 0.1) is 5.92 Å². The van der Waals surface area contributed by atoms with Gasteiger partial charge in [-0.15, -0.1) is 0 Å². The minimum Gasteiger partial charge on any atom is -0.369 e. The molecule has 3 N–H and O–H groups in total. The third kappa shape index (κ3) is 3.98. The Kier molecular flexibility index (Phi) is 5.44. The molecule has 0 radical (unpaired) electrons. The summed E-state index contributed by atoms with van der Waals surface area (Å²) >= 11 is 0. The van der Waals surface area contributed by atoms with Crippen LogP contribution in [-0.2, 0) is 4.79 Å². The van der Waals surface area contributed by atoms with E-state index in [0.29, 0.717) is 17.9 Å². The predicted octanol–water partition coefficient (Wildman–Crippen LogP) is 2.30. The molecule has 1 aliphatic heterocycles. The van der Waals surface area contributed by atoms with Gasteiger partial charge in [0, 0.05) is 12.1 Å². The van der Waals surface area contributed by atoms with Gasteiger partial charge in [0.25, 0.3) is 0 Å². The van der Waals surface area contributed by atoms with Crippen molar-refractivity contribution in [2.45, 2.75) is 65.5 Å². The third-order valence-corrected chi connectivity index (χ3v) is 4.04. The van der Waals surface area contributed by atoms with Crippen molar-refractivity contribution in [3.63, 3.8) is 0 Å². The lowest BCUT2D eigenvalue weighted by molar-refractivity contribution is -0.125. The first-order valence-corrected chi connectivity index (χ1v) is 7.01. The molecule has 1 rings (SSSR count). The van der Waals surface area contributed by atoms with Gasteiger partial charge < -0.3 is 11.1 Å². The zero-order valence-corrected chi connectivity index (χ0v) is 11.7. The SMILES string of the molecule is CCCC(C)CC1NC(C)CC(C)C1C(N)=O. The monoisotopic (exact) mass is 240 g/mol. The summed E-state index contributed by atoms with van der Waals surface area (Å²) in [6.07, 6.45) is 4.55. The van der Waals surface area contributed by atoms with E-state index in [9.17, 15) is 4.79 Å². The van der Waals surface area contributed by atoms with E-state index >= 15 is 0 Å². The highest BCUT2D eigenvalue weighted by Gasteiger charge is 2.37. The molecular weight excluding hydrogens is 212 g/mol. The van der Waals surface area contributed by atoms with Crippen LogP contribution in [0.2, 0.25) is 0 Å². The van der Waals surface area contributed by atoms with Crippen LogP contribution >= 0.6 is 0 Å². The lowest BCUT2D eigenvalue weighted by Gasteiger charge is -2.40. The predicted molar refractivity (Wildman–Crippen MR) is 71.5 cm³/mol. The molecule has 0 aromatic rings. The first kappa shape index (κ1) is 14.5. The summed E-state index contributed by atoms with van der Waals surface area (Å²) in [5.41, 5.74) is 5.56. The van der Waals surface area contributed by atoms with E-state index in [2.05, 4.69) is 33.0 Å². The molecule has 0 bridgehead atoms. The Bertz CT molecular complexity index is 255. The van der Waals surface area contributed by atoms with E-state index in [4.69, 9.17) is 5.73 Å². The van der Waals surface area contributed by atoms with Crippen molar-refractivity contribution in [3.8, 4) is 0 Å². The highest BCUT2D eigenvalue weighted by Crippen LogP contribution is 2.30. The molecule has 1 amide bonds. The molecule has 0 spiro atoms. The number of piperidine rings is 1. The van der Waals surface area contributed by atoms with Crippen LogP contribution in [0.1, 0.15) is 53.4 Å². The van der Waals surface area contributed by atoms with Gasteiger partial charge in [-0.05, 0) is 31.6 Å². The van der Waals surface area contributed by atoms with E-state index in [0.717, 1.165) is 12.8 Å². The van der Waals surface area contributed by atoms with Crippen LogP contribution in [0.4, 0.5) is 0 Å². The van der Waals surface area contributed by atoms with E-state index in [-0.39, 0.29) is 17.9 Å². The first-order valence-electron chi connectivity index (χ1n) is 7.01. The molecule has 17 heavy (non-hydrogen) atoms. The van der Waals surface area contributed by atoms with Crippen molar-refractivity contribution in [1.82, 2.24) is 5.32 Å². The minimum atomic E-state index is -0.134. The smallest absolute Gasteiger partial charge is 0.222 e. The molecule has 3 heteroatoms. The fourth-order valence-electron chi connectivity index (χ4n) is 3.38. The highest BCUT2D eigenvalue weighted by molar-refractivity contribution is 5.77. The molecule has 1 aliphatic rings. The van der Waals surface area contributed by atoms with Gasteiger partial charge in [-0.3, -0.25) is 4.79 Å². The second kappa shape index (κ2) is 6.39. The number of primary amides is 1. The standard InChI is InChI=1S/C14H28N2O/c1-5-6-9(2)7-12-13(14(15)17)10(3)8-11(4)16-12/h9-13,16H,5-8H2,1-4H3,(H2,15,17). The average Bonchev–Trinajstić information content (AvgIpc) is 2.15.